The van der Waals surface area contributed by atoms with Gasteiger partial charge in [0, 0.05) is 41.3 Å². The van der Waals surface area contributed by atoms with E-state index in [1.165, 1.54) is 12.1 Å². The third kappa shape index (κ3) is 4.35. The van der Waals surface area contributed by atoms with Gasteiger partial charge in [0.25, 0.3) is 0 Å². The van der Waals surface area contributed by atoms with Crippen LogP contribution in [0.2, 0.25) is 0 Å². The summed E-state index contributed by atoms with van der Waals surface area (Å²) >= 11 is 0. The number of nitrogens with zero attached hydrogens (tertiary/aromatic N) is 1. The zero-order valence-electron chi connectivity index (χ0n) is 9.11. The molecule has 0 aliphatic carbocycles. The smallest absolute Gasteiger partial charge is 0.137 e. The van der Waals surface area contributed by atoms with Crippen LogP contribution in [-0.2, 0) is 10.8 Å². The van der Waals surface area contributed by atoms with Gasteiger partial charge in [0.1, 0.15) is 11.6 Å². The largest absolute Gasteiger partial charge is 0.345 e. The Bertz CT molecular complexity index is 436. The van der Waals surface area contributed by atoms with Gasteiger partial charge in [-0.3, -0.25) is 4.21 Å². The number of halogens is 1. The van der Waals surface area contributed by atoms with Crippen LogP contribution in [0.5, 0.6) is 0 Å². The molecule has 0 bridgehead atoms. The molecule has 16 heavy (non-hydrogen) atoms. The number of aromatic nitrogens is 2. The van der Waals surface area contributed by atoms with Gasteiger partial charge in [-0.25, -0.2) is 9.37 Å². The molecule has 1 aromatic carbocycles. The molecule has 0 amide bonds. The number of hydrogen-bond acceptors (Lipinski definition) is 2. The van der Waals surface area contributed by atoms with E-state index >= 15 is 0 Å². The van der Waals surface area contributed by atoms with Crippen molar-refractivity contribution in [2.75, 3.05) is 12.5 Å². The first-order valence-corrected chi connectivity index (χ1v) is 6.56. The summed E-state index contributed by atoms with van der Waals surface area (Å²) in [6, 6.07) is 6.21. The fourth-order valence-electron chi connectivity index (χ4n) is 1.03. The van der Waals surface area contributed by atoms with Crippen LogP contribution in [0.15, 0.2) is 36.7 Å². The predicted molar refractivity (Wildman–Crippen MR) is 64.0 cm³/mol. The van der Waals surface area contributed by atoms with E-state index in [1.54, 1.807) is 37.0 Å². The lowest BCUT2D eigenvalue weighted by Crippen LogP contribution is -1.80. The molecular weight excluding hydrogens is 227 g/mol. The minimum Gasteiger partial charge on any atom is -0.345 e. The normalized spacial score (nSPS) is 9.75. The van der Waals surface area contributed by atoms with Gasteiger partial charge in [-0.15, -0.1) is 0 Å². The Morgan fingerprint density at radius 1 is 1.25 bits per heavy atom. The standard InChI is InChI=1S/C9H7FN2.C2H6OS/c10-8-3-1-7(2-4-8)9-11-5-6-12-9;1-4(2)3/h1-6H,(H,11,12);1-2H3. The number of imidazole rings is 1. The summed E-state index contributed by atoms with van der Waals surface area (Å²) in [4.78, 5) is 6.98. The summed E-state index contributed by atoms with van der Waals surface area (Å²) in [6.07, 6.45) is 6.68. The molecule has 2 rings (SSSR count). The van der Waals surface area contributed by atoms with Gasteiger partial charge in [0.05, 0.1) is 0 Å². The summed E-state index contributed by atoms with van der Waals surface area (Å²) in [6.45, 7) is 0. The van der Waals surface area contributed by atoms with Crippen molar-refractivity contribution in [3.05, 3.63) is 42.5 Å². The minimum absolute atomic E-state index is 0.231. The molecule has 0 spiro atoms. The van der Waals surface area contributed by atoms with Crippen molar-refractivity contribution in [3.63, 3.8) is 0 Å². The molecule has 0 saturated heterocycles. The van der Waals surface area contributed by atoms with Crippen molar-refractivity contribution in [1.29, 1.82) is 0 Å². The van der Waals surface area contributed by atoms with Gasteiger partial charge < -0.3 is 4.98 Å². The number of nitrogens with one attached hydrogen (secondary N) is 1. The second-order valence-electron chi connectivity index (χ2n) is 3.19. The van der Waals surface area contributed by atoms with Crippen molar-refractivity contribution in [2.45, 2.75) is 0 Å². The quantitative estimate of drug-likeness (QED) is 0.830. The Morgan fingerprint density at radius 2 is 1.81 bits per heavy atom. The average Bonchev–Trinajstić information content (AvgIpc) is 2.71. The monoisotopic (exact) mass is 240 g/mol. The highest BCUT2D eigenvalue weighted by molar-refractivity contribution is 7.83. The molecule has 1 heterocycles. The third-order valence-electron chi connectivity index (χ3n) is 1.62. The zero-order chi connectivity index (χ0) is 12.0. The molecule has 0 radical (unpaired) electrons. The average molecular weight is 240 g/mol. The number of rotatable bonds is 1. The summed E-state index contributed by atoms with van der Waals surface area (Å²) in [5, 5.41) is 0. The summed E-state index contributed by atoms with van der Waals surface area (Å²) in [7, 11) is -0.611. The van der Waals surface area contributed by atoms with Crippen LogP contribution in [0, 0.1) is 5.82 Å². The Balaban J connectivity index is 0.000000280. The Morgan fingerprint density at radius 3 is 2.25 bits per heavy atom. The fraction of sp³-hybridized carbons (Fsp3) is 0.182. The summed E-state index contributed by atoms with van der Waals surface area (Å²) in [5.74, 6) is 0.528. The van der Waals surface area contributed by atoms with Crippen molar-refractivity contribution in [2.24, 2.45) is 0 Å². The molecule has 3 nitrogen and oxygen atoms in total. The highest BCUT2D eigenvalue weighted by atomic mass is 32.2. The lowest BCUT2D eigenvalue weighted by Gasteiger charge is -1.94. The maximum absolute atomic E-state index is 12.5. The number of aromatic amines is 1. The van der Waals surface area contributed by atoms with Crippen LogP contribution in [0.1, 0.15) is 0 Å². The van der Waals surface area contributed by atoms with Gasteiger partial charge in [-0.1, -0.05) is 0 Å². The van der Waals surface area contributed by atoms with Crippen LogP contribution >= 0.6 is 0 Å². The summed E-state index contributed by atoms with van der Waals surface area (Å²) in [5.41, 5.74) is 0.890. The van der Waals surface area contributed by atoms with Gasteiger partial charge in [-0.2, -0.15) is 0 Å². The molecule has 0 atom stereocenters. The van der Waals surface area contributed by atoms with Crippen molar-refractivity contribution in [1.82, 2.24) is 9.97 Å². The summed E-state index contributed by atoms with van der Waals surface area (Å²) < 4.78 is 22.1. The molecular formula is C11H13FN2OS. The maximum Gasteiger partial charge on any atom is 0.137 e. The van der Waals surface area contributed by atoms with Gasteiger partial charge in [-0.05, 0) is 24.3 Å². The second-order valence-corrected chi connectivity index (χ2v) is 4.67. The molecule has 86 valence electrons. The van der Waals surface area contributed by atoms with E-state index in [0.29, 0.717) is 0 Å². The Labute approximate surface area is 96.2 Å². The van der Waals surface area contributed by atoms with E-state index in [-0.39, 0.29) is 5.82 Å². The highest BCUT2D eigenvalue weighted by Crippen LogP contribution is 2.13. The van der Waals surface area contributed by atoms with Crippen LogP contribution in [0.4, 0.5) is 4.39 Å². The van der Waals surface area contributed by atoms with Crippen LogP contribution in [0.25, 0.3) is 11.4 Å². The first kappa shape index (κ1) is 12.6. The fourth-order valence-corrected chi connectivity index (χ4v) is 1.03. The van der Waals surface area contributed by atoms with Gasteiger partial charge in [0.2, 0.25) is 0 Å². The molecule has 2 aromatic rings. The predicted octanol–water partition coefficient (Wildman–Crippen LogP) is 2.21. The van der Waals surface area contributed by atoms with Crippen LogP contribution in [-0.4, -0.2) is 26.7 Å². The van der Waals surface area contributed by atoms with E-state index in [0.717, 1.165) is 11.4 Å². The topological polar surface area (TPSA) is 45.8 Å². The Hall–Kier alpha value is -1.49. The first-order valence-electron chi connectivity index (χ1n) is 4.60. The van der Waals surface area contributed by atoms with Crippen LogP contribution in [0.3, 0.4) is 0 Å². The van der Waals surface area contributed by atoms with E-state index in [2.05, 4.69) is 9.97 Å². The van der Waals surface area contributed by atoms with Crippen molar-refractivity contribution >= 4 is 10.8 Å². The molecule has 0 unspecified atom stereocenters. The maximum atomic E-state index is 12.5. The third-order valence-corrected chi connectivity index (χ3v) is 1.62. The molecule has 1 aromatic heterocycles. The van der Waals surface area contributed by atoms with Crippen molar-refractivity contribution < 1.29 is 8.60 Å². The number of hydrogen-bond donors (Lipinski definition) is 1. The van der Waals surface area contributed by atoms with Crippen LogP contribution < -0.4 is 0 Å². The van der Waals surface area contributed by atoms with E-state index < -0.39 is 10.8 Å². The zero-order valence-corrected chi connectivity index (χ0v) is 9.92. The Kier molecular flexibility index (Phi) is 4.85. The molecule has 0 aliphatic heterocycles. The minimum atomic E-state index is -0.611. The number of benzene rings is 1. The SMILES string of the molecule is CS(C)=O.Fc1ccc(-c2ncc[nH]2)cc1. The highest BCUT2D eigenvalue weighted by Gasteiger charge is 1.97. The van der Waals surface area contributed by atoms with Crippen molar-refractivity contribution in [3.8, 4) is 11.4 Å². The van der Waals surface area contributed by atoms with Gasteiger partial charge >= 0.3 is 0 Å². The molecule has 0 aliphatic rings. The first-order chi connectivity index (χ1) is 7.59. The molecule has 1 N–H and O–H groups in total. The molecule has 0 saturated carbocycles. The lowest BCUT2D eigenvalue weighted by molar-refractivity contribution is 0.628. The van der Waals surface area contributed by atoms with E-state index in [1.807, 2.05) is 0 Å². The van der Waals surface area contributed by atoms with E-state index in [4.69, 9.17) is 0 Å². The number of H-pyrrole nitrogens is 1. The molecule has 5 heteroatoms. The lowest BCUT2D eigenvalue weighted by atomic mass is 10.2. The van der Waals surface area contributed by atoms with E-state index in [9.17, 15) is 8.60 Å². The van der Waals surface area contributed by atoms with Gasteiger partial charge in [0.15, 0.2) is 0 Å². The second kappa shape index (κ2) is 6.17. The molecule has 0 fully saturated rings.